The lowest BCUT2D eigenvalue weighted by Gasteiger charge is -2.45. The molecule has 1 atom stereocenters. The third-order valence-corrected chi connectivity index (χ3v) is 8.46. The third kappa shape index (κ3) is 16.9. The quantitative estimate of drug-likeness (QED) is 0.0957. The Morgan fingerprint density at radius 3 is 1.51 bits per heavy atom. The van der Waals surface area contributed by atoms with E-state index in [2.05, 4.69) is 33.0 Å². The molecule has 1 aromatic carbocycles. The van der Waals surface area contributed by atoms with Gasteiger partial charge in [0.2, 0.25) is 5.91 Å². The summed E-state index contributed by atoms with van der Waals surface area (Å²) in [6.45, 7) is 8.61. The fraction of sp³-hybridized carbons (Fsp3) is 0.750. The van der Waals surface area contributed by atoms with E-state index in [9.17, 15) is 4.79 Å². The molecule has 0 bridgehead atoms. The minimum absolute atomic E-state index is 0.0479. The minimum atomic E-state index is -0.478. The molecule has 3 heteroatoms. The van der Waals surface area contributed by atoms with Crippen LogP contribution in [0.4, 0.5) is 0 Å². The molecule has 0 heterocycles. The summed E-state index contributed by atoms with van der Waals surface area (Å²) >= 11 is 0. The normalized spacial score (nSPS) is 13.6. The van der Waals surface area contributed by atoms with Gasteiger partial charge >= 0.3 is 0 Å². The monoisotopic (exact) mass is 541 g/mol. The maximum atomic E-state index is 12.9. The van der Waals surface area contributed by atoms with Crippen molar-refractivity contribution in [3.63, 3.8) is 0 Å². The molecular weight excluding hydrogens is 476 g/mol. The van der Waals surface area contributed by atoms with E-state index >= 15 is 0 Å². The highest BCUT2D eigenvalue weighted by Gasteiger charge is 2.42. The van der Waals surface area contributed by atoms with Gasteiger partial charge in [-0.05, 0) is 38.3 Å². The average molecular weight is 541 g/mol. The molecule has 0 aliphatic carbocycles. The Hall–Kier alpha value is -1.61. The van der Waals surface area contributed by atoms with Crippen LogP contribution in [0.25, 0.3) is 6.08 Å². The summed E-state index contributed by atoms with van der Waals surface area (Å²) in [5.74, 6) is -0.0479. The minimum Gasteiger partial charge on any atom is -0.345 e. The summed E-state index contributed by atoms with van der Waals surface area (Å²) in [6.07, 6.45) is 31.2. The summed E-state index contributed by atoms with van der Waals surface area (Å²) in [5.41, 5.74) is 6.87. The van der Waals surface area contributed by atoms with Crippen molar-refractivity contribution >= 4 is 12.0 Å². The van der Waals surface area contributed by atoms with Crippen LogP contribution in [-0.4, -0.2) is 17.0 Å². The number of benzene rings is 1. The number of carbonyl (C=O) groups is 1. The molecule has 3 N–H and O–H groups in total. The molecule has 1 aromatic rings. The second kappa shape index (κ2) is 22.1. The fourth-order valence-electron chi connectivity index (χ4n) is 5.82. The maximum Gasteiger partial charge on any atom is 0.244 e. The summed E-state index contributed by atoms with van der Waals surface area (Å²) < 4.78 is 0. The molecule has 0 radical (unpaired) electrons. The van der Waals surface area contributed by atoms with Crippen molar-refractivity contribution in [1.29, 1.82) is 0 Å². The second-order valence-electron chi connectivity index (χ2n) is 12.5. The van der Waals surface area contributed by atoms with Crippen molar-refractivity contribution in [2.45, 2.75) is 174 Å². The van der Waals surface area contributed by atoms with E-state index in [0.717, 1.165) is 31.2 Å². The first-order chi connectivity index (χ1) is 18.8. The van der Waals surface area contributed by atoms with Gasteiger partial charge in [-0.2, -0.15) is 0 Å². The van der Waals surface area contributed by atoms with Gasteiger partial charge in [0.05, 0.1) is 5.54 Å². The molecule has 1 amide bonds. The molecule has 0 aliphatic heterocycles. The predicted octanol–water partition coefficient (Wildman–Crippen LogP) is 10.5. The van der Waals surface area contributed by atoms with Gasteiger partial charge in [0.25, 0.3) is 0 Å². The van der Waals surface area contributed by atoms with Crippen LogP contribution in [0.2, 0.25) is 0 Å². The lowest BCUT2D eigenvalue weighted by atomic mass is 9.73. The lowest BCUT2D eigenvalue weighted by Crippen LogP contribution is -2.65. The van der Waals surface area contributed by atoms with Crippen LogP contribution in [0.5, 0.6) is 0 Å². The molecular formula is C36H64N2O. The van der Waals surface area contributed by atoms with Gasteiger partial charge in [-0.1, -0.05) is 166 Å². The van der Waals surface area contributed by atoms with Gasteiger partial charge in [-0.25, -0.2) is 0 Å². The number of unbranched alkanes of at least 4 members (excludes halogenated alkanes) is 17. The van der Waals surface area contributed by atoms with Crippen molar-refractivity contribution in [3.8, 4) is 0 Å². The molecule has 0 aromatic heterocycles. The third-order valence-electron chi connectivity index (χ3n) is 8.46. The molecule has 224 valence electrons. The van der Waals surface area contributed by atoms with E-state index in [4.69, 9.17) is 5.73 Å². The number of nitrogens with two attached hydrogens (primary N) is 1. The van der Waals surface area contributed by atoms with E-state index in [0.29, 0.717) is 0 Å². The summed E-state index contributed by atoms with van der Waals surface area (Å²) in [5, 5.41) is 3.35. The van der Waals surface area contributed by atoms with E-state index in [-0.39, 0.29) is 11.4 Å². The van der Waals surface area contributed by atoms with Crippen LogP contribution in [0.15, 0.2) is 36.4 Å². The van der Waals surface area contributed by atoms with Crippen LogP contribution in [0.1, 0.15) is 168 Å². The van der Waals surface area contributed by atoms with E-state index in [1.165, 1.54) is 109 Å². The van der Waals surface area contributed by atoms with E-state index in [1.807, 2.05) is 36.4 Å². The van der Waals surface area contributed by atoms with Crippen molar-refractivity contribution in [3.05, 3.63) is 42.0 Å². The molecule has 0 aliphatic rings. The Labute approximate surface area is 243 Å². The van der Waals surface area contributed by atoms with Crippen molar-refractivity contribution < 1.29 is 4.79 Å². The number of hydrogen-bond acceptors (Lipinski definition) is 2. The van der Waals surface area contributed by atoms with Gasteiger partial charge in [0, 0.05) is 11.6 Å². The largest absolute Gasteiger partial charge is 0.345 e. The number of nitrogens with one attached hydrogen (secondary N) is 1. The standard InChI is InChI=1S/C36H64N2O/c1-5-7-8-9-10-11-12-13-14-15-16-17-18-19-20-21-22-26-32-36(31-6-2,35(3,4)37)38-34(39)30-29-33-27-24-23-25-28-33/h23-25,27-30H,5-22,26,31-32,37H2,1-4H3,(H,38,39). The number of hydrogen-bond donors (Lipinski definition) is 2. The van der Waals surface area contributed by atoms with Crippen LogP contribution >= 0.6 is 0 Å². The Morgan fingerprint density at radius 1 is 0.667 bits per heavy atom. The Kier molecular flexibility index (Phi) is 20.1. The highest BCUT2D eigenvalue weighted by Crippen LogP contribution is 2.31. The summed E-state index contributed by atoms with van der Waals surface area (Å²) in [6, 6.07) is 9.98. The van der Waals surface area contributed by atoms with E-state index < -0.39 is 5.54 Å². The Bertz CT molecular complexity index is 736. The maximum absolute atomic E-state index is 12.9. The van der Waals surface area contributed by atoms with Crippen molar-refractivity contribution in [2.75, 3.05) is 0 Å². The topological polar surface area (TPSA) is 55.1 Å². The average Bonchev–Trinajstić information content (AvgIpc) is 2.91. The number of rotatable bonds is 25. The smallest absolute Gasteiger partial charge is 0.244 e. The van der Waals surface area contributed by atoms with Gasteiger partial charge in [-0.3, -0.25) is 4.79 Å². The molecule has 1 unspecified atom stereocenters. The summed E-state index contributed by atoms with van der Waals surface area (Å²) in [7, 11) is 0. The predicted molar refractivity (Wildman–Crippen MR) is 173 cm³/mol. The van der Waals surface area contributed by atoms with Crippen LogP contribution < -0.4 is 11.1 Å². The Balaban J connectivity index is 2.21. The van der Waals surface area contributed by atoms with Gasteiger partial charge in [0.15, 0.2) is 0 Å². The zero-order valence-electron chi connectivity index (χ0n) is 26.4. The van der Waals surface area contributed by atoms with E-state index in [1.54, 1.807) is 6.08 Å². The molecule has 1 rings (SSSR count). The highest BCUT2D eigenvalue weighted by atomic mass is 16.1. The molecule has 0 saturated heterocycles. The van der Waals surface area contributed by atoms with Gasteiger partial charge < -0.3 is 11.1 Å². The fourth-order valence-corrected chi connectivity index (χ4v) is 5.82. The molecule has 3 nitrogen and oxygen atoms in total. The lowest BCUT2D eigenvalue weighted by molar-refractivity contribution is -0.119. The molecule has 0 fully saturated rings. The van der Waals surface area contributed by atoms with Crippen LogP contribution in [0, 0.1) is 0 Å². The van der Waals surface area contributed by atoms with Crippen molar-refractivity contribution in [1.82, 2.24) is 5.32 Å². The van der Waals surface area contributed by atoms with Crippen LogP contribution in [-0.2, 0) is 4.79 Å². The molecule has 0 saturated carbocycles. The first kappa shape index (κ1) is 35.4. The number of amides is 1. The second-order valence-corrected chi connectivity index (χ2v) is 12.5. The highest BCUT2D eigenvalue weighted by molar-refractivity contribution is 5.92. The zero-order valence-corrected chi connectivity index (χ0v) is 26.4. The first-order valence-electron chi connectivity index (χ1n) is 16.7. The van der Waals surface area contributed by atoms with Gasteiger partial charge in [0.1, 0.15) is 0 Å². The Morgan fingerprint density at radius 2 is 1.10 bits per heavy atom. The molecule has 39 heavy (non-hydrogen) atoms. The summed E-state index contributed by atoms with van der Waals surface area (Å²) in [4.78, 5) is 12.9. The molecule has 0 spiro atoms. The van der Waals surface area contributed by atoms with Gasteiger partial charge in [-0.15, -0.1) is 0 Å². The SMILES string of the molecule is CCCCCCCCCCCCCCCCCCCCC(CCC)(NC(=O)C=Cc1ccccc1)C(C)(C)N. The van der Waals surface area contributed by atoms with Crippen molar-refractivity contribution in [2.24, 2.45) is 5.73 Å². The number of carbonyl (C=O) groups excluding carboxylic acids is 1. The van der Waals surface area contributed by atoms with Crippen LogP contribution in [0.3, 0.4) is 0 Å². The zero-order chi connectivity index (χ0) is 28.7. The first-order valence-corrected chi connectivity index (χ1v) is 16.7.